The van der Waals surface area contributed by atoms with Crippen molar-refractivity contribution in [3.8, 4) is 17.3 Å². The summed E-state index contributed by atoms with van der Waals surface area (Å²) in [7, 11) is 1.83. The number of hydrogen-bond acceptors (Lipinski definition) is 3. The first-order valence-electron chi connectivity index (χ1n) is 9.62. The molecule has 5 heteroatoms. The number of carbonyl (C=O) groups is 1. The van der Waals surface area contributed by atoms with Crippen LogP contribution < -0.4 is 4.74 Å². The molecular weight excluding hydrogens is 350 g/mol. The van der Waals surface area contributed by atoms with Crippen molar-refractivity contribution in [2.75, 3.05) is 13.6 Å². The number of benzene rings is 2. The summed E-state index contributed by atoms with van der Waals surface area (Å²) in [5.41, 5.74) is 3.93. The molecule has 146 valence electrons. The first kappa shape index (κ1) is 19.7. The van der Waals surface area contributed by atoms with Crippen molar-refractivity contribution in [3.05, 3.63) is 71.4 Å². The zero-order chi connectivity index (χ0) is 20.1. The molecule has 3 rings (SSSR count). The normalized spacial score (nSPS) is 10.7. The van der Waals surface area contributed by atoms with Crippen molar-refractivity contribution in [2.45, 2.75) is 33.6 Å². The monoisotopic (exact) mass is 377 g/mol. The summed E-state index contributed by atoms with van der Waals surface area (Å²) in [6.07, 6.45) is 1.01. The molecule has 1 amide bonds. The van der Waals surface area contributed by atoms with Crippen LogP contribution in [0.2, 0.25) is 0 Å². The molecule has 0 saturated carbocycles. The van der Waals surface area contributed by atoms with E-state index >= 15 is 0 Å². The third-order valence-electron chi connectivity index (χ3n) is 4.83. The van der Waals surface area contributed by atoms with Crippen molar-refractivity contribution in [1.29, 1.82) is 0 Å². The Bertz CT molecular complexity index is 948. The lowest BCUT2D eigenvalue weighted by atomic mass is 10.1. The van der Waals surface area contributed by atoms with Gasteiger partial charge in [-0.3, -0.25) is 4.79 Å². The van der Waals surface area contributed by atoms with Crippen LogP contribution in [0, 0.1) is 13.8 Å². The van der Waals surface area contributed by atoms with E-state index < -0.39 is 0 Å². The highest BCUT2D eigenvalue weighted by molar-refractivity contribution is 5.76. The smallest absolute Gasteiger partial charge is 0.226 e. The van der Waals surface area contributed by atoms with Gasteiger partial charge in [-0.2, -0.15) is 5.10 Å². The highest BCUT2D eigenvalue weighted by Gasteiger charge is 2.20. The molecule has 0 N–H and O–H groups in total. The van der Waals surface area contributed by atoms with E-state index in [-0.39, 0.29) is 5.91 Å². The minimum Gasteiger partial charge on any atom is -0.439 e. The van der Waals surface area contributed by atoms with Crippen LogP contribution in [0.5, 0.6) is 11.6 Å². The van der Waals surface area contributed by atoms with Gasteiger partial charge < -0.3 is 9.64 Å². The lowest BCUT2D eigenvalue weighted by Crippen LogP contribution is -2.26. The minimum absolute atomic E-state index is 0.121. The van der Waals surface area contributed by atoms with E-state index in [0.717, 1.165) is 28.3 Å². The van der Waals surface area contributed by atoms with Crippen LogP contribution in [0.4, 0.5) is 0 Å². The topological polar surface area (TPSA) is 47.4 Å². The predicted molar refractivity (Wildman–Crippen MR) is 111 cm³/mol. The maximum atomic E-state index is 12.3. The third-order valence-corrected chi connectivity index (χ3v) is 4.83. The maximum absolute atomic E-state index is 12.3. The van der Waals surface area contributed by atoms with Crippen LogP contribution in [0.25, 0.3) is 5.69 Å². The maximum Gasteiger partial charge on any atom is 0.226 e. The van der Waals surface area contributed by atoms with Gasteiger partial charge in [0.2, 0.25) is 11.8 Å². The number of ether oxygens (including phenoxy) is 1. The lowest BCUT2D eigenvalue weighted by molar-refractivity contribution is -0.129. The van der Waals surface area contributed by atoms with Crippen molar-refractivity contribution < 1.29 is 9.53 Å². The average Bonchev–Trinajstić information content (AvgIpc) is 3.01. The summed E-state index contributed by atoms with van der Waals surface area (Å²) in [5, 5.41) is 4.73. The second-order valence-electron chi connectivity index (χ2n) is 6.94. The van der Waals surface area contributed by atoms with Gasteiger partial charge in [0.15, 0.2) is 0 Å². The third kappa shape index (κ3) is 4.42. The van der Waals surface area contributed by atoms with Gasteiger partial charge in [0.05, 0.1) is 11.4 Å². The van der Waals surface area contributed by atoms with E-state index in [2.05, 4.69) is 19.1 Å². The molecule has 0 atom stereocenters. The van der Waals surface area contributed by atoms with E-state index in [9.17, 15) is 4.79 Å². The van der Waals surface area contributed by atoms with Crippen molar-refractivity contribution >= 4 is 5.91 Å². The molecule has 0 unspecified atom stereocenters. The number of aromatic nitrogens is 2. The summed E-state index contributed by atoms with van der Waals surface area (Å²) in [4.78, 5) is 14.0. The van der Waals surface area contributed by atoms with Gasteiger partial charge in [-0.15, -0.1) is 0 Å². The van der Waals surface area contributed by atoms with E-state index in [1.807, 2.05) is 68.0 Å². The van der Waals surface area contributed by atoms with Crippen LogP contribution in [0.1, 0.15) is 30.2 Å². The quantitative estimate of drug-likeness (QED) is 0.600. The second kappa shape index (κ2) is 8.74. The van der Waals surface area contributed by atoms with Crippen LogP contribution in [0.15, 0.2) is 54.6 Å². The first-order chi connectivity index (χ1) is 13.5. The molecule has 0 bridgehead atoms. The van der Waals surface area contributed by atoms with Crippen LogP contribution in [-0.2, 0) is 11.2 Å². The Hall–Kier alpha value is -3.08. The summed E-state index contributed by atoms with van der Waals surface area (Å²) < 4.78 is 8.08. The number of aryl methyl sites for hydroxylation is 2. The number of hydrogen-bond donors (Lipinski definition) is 0. The molecule has 1 heterocycles. The molecule has 5 nitrogen and oxygen atoms in total. The summed E-state index contributed by atoms with van der Waals surface area (Å²) >= 11 is 0. The number of para-hydroxylation sites is 1. The van der Waals surface area contributed by atoms with Gasteiger partial charge in [-0.1, -0.05) is 30.3 Å². The molecule has 0 spiro atoms. The molecule has 0 aliphatic heterocycles. The fourth-order valence-electron chi connectivity index (χ4n) is 3.07. The Kier molecular flexibility index (Phi) is 6.14. The molecule has 28 heavy (non-hydrogen) atoms. The minimum atomic E-state index is 0.121. The Labute approximate surface area is 166 Å². The fraction of sp³-hybridized carbons (Fsp3) is 0.304. The second-order valence-corrected chi connectivity index (χ2v) is 6.94. The predicted octanol–water partition coefficient (Wildman–Crippen LogP) is 4.69. The van der Waals surface area contributed by atoms with Gasteiger partial charge in [0, 0.05) is 25.6 Å². The van der Waals surface area contributed by atoms with E-state index in [0.29, 0.717) is 25.3 Å². The highest BCUT2D eigenvalue weighted by Crippen LogP contribution is 2.31. The number of amides is 1. The number of rotatable bonds is 7. The molecule has 3 aromatic rings. The van der Waals surface area contributed by atoms with Crippen LogP contribution in [-0.4, -0.2) is 34.2 Å². The van der Waals surface area contributed by atoms with Crippen LogP contribution >= 0.6 is 0 Å². The Morgan fingerprint density at radius 3 is 2.54 bits per heavy atom. The Morgan fingerprint density at radius 1 is 1.11 bits per heavy atom. The van der Waals surface area contributed by atoms with E-state index in [4.69, 9.17) is 9.84 Å². The number of carbonyl (C=O) groups excluding carboxylic acids is 1. The Morgan fingerprint density at radius 2 is 1.86 bits per heavy atom. The molecule has 0 aliphatic carbocycles. The zero-order valence-electron chi connectivity index (χ0n) is 17.0. The molecule has 2 aromatic carbocycles. The van der Waals surface area contributed by atoms with Gasteiger partial charge in [-0.25, -0.2) is 4.68 Å². The van der Waals surface area contributed by atoms with E-state index in [1.54, 1.807) is 4.90 Å². The summed E-state index contributed by atoms with van der Waals surface area (Å²) in [6, 6.07) is 17.8. The molecular formula is C23H27N3O2. The number of nitrogens with zero attached hydrogens (tertiary/aromatic N) is 3. The molecule has 0 radical (unpaired) electrons. The largest absolute Gasteiger partial charge is 0.439 e. The SMILES string of the molecule is CCN(C)C(=O)CCc1c(C)nn(-c2cccc(C)c2)c1Oc1ccccc1. The van der Waals surface area contributed by atoms with Crippen molar-refractivity contribution in [2.24, 2.45) is 0 Å². The molecule has 1 aromatic heterocycles. The van der Waals surface area contributed by atoms with Gasteiger partial charge >= 0.3 is 0 Å². The molecule has 0 fully saturated rings. The standard InChI is InChI=1S/C23H27N3O2/c1-5-25(4)22(27)15-14-21-18(3)24-26(19-11-9-10-17(2)16-19)23(21)28-20-12-7-6-8-13-20/h6-13,16H,5,14-15H2,1-4H3. The average molecular weight is 377 g/mol. The zero-order valence-corrected chi connectivity index (χ0v) is 17.0. The van der Waals surface area contributed by atoms with Gasteiger partial charge in [0.1, 0.15) is 5.75 Å². The van der Waals surface area contributed by atoms with Crippen molar-refractivity contribution in [1.82, 2.24) is 14.7 Å². The fourth-order valence-corrected chi connectivity index (χ4v) is 3.07. The molecule has 0 saturated heterocycles. The first-order valence-corrected chi connectivity index (χ1v) is 9.62. The van der Waals surface area contributed by atoms with Crippen molar-refractivity contribution in [3.63, 3.8) is 0 Å². The summed E-state index contributed by atoms with van der Waals surface area (Å²) in [5.74, 6) is 1.53. The lowest BCUT2D eigenvalue weighted by Gasteiger charge is -2.15. The Balaban J connectivity index is 1.99. The summed E-state index contributed by atoms with van der Waals surface area (Å²) in [6.45, 7) is 6.70. The molecule has 0 aliphatic rings. The van der Waals surface area contributed by atoms with Gasteiger partial charge in [0.25, 0.3) is 0 Å². The van der Waals surface area contributed by atoms with Crippen LogP contribution in [0.3, 0.4) is 0 Å². The highest BCUT2D eigenvalue weighted by atomic mass is 16.5. The van der Waals surface area contributed by atoms with E-state index in [1.165, 1.54) is 0 Å². The van der Waals surface area contributed by atoms with Gasteiger partial charge in [-0.05, 0) is 57.0 Å².